The minimum atomic E-state index is -0.128. The van der Waals surface area contributed by atoms with Crippen LogP contribution in [0.25, 0.3) is 0 Å². The van der Waals surface area contributed by atoms with Gasteiger partial charge in [-0.2, -0.15) is 0 Å². The maximum absolute atomic E-state index is 12.0. The lowest BCUT2D eigenvalue weighted by atomic mass is 9.82. The van der Waals surface area contributed by atoms with Crippen molar-refractivity contribution in [2.24, 2.45) is 5.92 Å². The van der Waals surface area contributed by atoms with Crippen molar-refractivity contribution in [1.82, 2.24) is 9.80 Å². The molecule has 0 bridgehead atoms. The molecule has 0 atom stereocenters. The van der Waals surface area contributed by atoms with E-state index in [2.05, 4.69) is 13.2 Å². The number of aliphatic hydroxyl groups is 1. The minimum absolute atomic E-state index is 0.0946. The van der Waals surface area contributed by atoms with Gasteiger partial charge in [0.15, 0.2) is 0 Å². The fraction of sp³-hybridized carbons (Fsp3) is 0.643. The first-order valence-electron chi connectivity index (χ1n) is 6.43. The molecule has 0 radical (unpaired) electrons. The minimum Gasteiger partial charge on any atom is -0.393 e. The summed E-state index contributed by atoms with van der Waals surface area (Å²) in [5.41, 5.74) is 0. The molecule has 4 heteroatoms. The SMILES string of the molecule is C=CCN(CC=C)C(=O)CN(C)CC1CC(O)C1. The summed E-state index contributed by atoms with van der Waals surface area (Å²) in [6.45, 7) is 9.71. The van der Waals surface area contributed by atoms with Crippen molar-refractivity contribution in [2.45, 2.75) is 18.9 Å². The number of aliphatic hydroxyl groups excluding tert-OH is 1. The van der Waals surface area contributed by atoms with Crippen molar-refractivity contribution in [1.29, 1.82) is 0 Å². The van der Waals surface area contributed by atoms with E-state index in [4.69, 9.17) is 0 Å². The molecular formula is C14H24N2O2. The summed E-state index contributed by atoms with van der Waals surface area (Å²) in [7, 11) is 1.95. The monoisotopic (exact) mass is 252 g/mol. The number of amides is 1. The number of carbonyl (C=O) groups excluding carboxylic acids is 1. The molecule has 1 fully saturated rings. The number of likely N-dealkylation sites (N-methyl/N-ethyl adjacent to an activating group) is 1. The Morgan fingerprint density at radius 3 is 2.33 bits per heavy atom. The van der Waals surface area contributed by atoms with Crippen LogP contribution in [-0.4, -0.2) is 60.1 Å². The predicted molar refractivity (Wildman–Crippen MR) is 73.2 cm³/mol. The number of nitrogens with zero attached hydrogens (tertiary/aromatic N) is 2. The van der Waals surface area contributed by atoms with Gasteiger partial charge in [0, 0.05) is 19.6 Å². The molecule has 1 aliphatic carbocycles. The molecule has 0 saturated heterocycles. The molecule has 1 N–H and O–H groups in total. The van der Waals surface area contributed by atoms with Gasteiger partial charge in [-0.05, 0) is 25.8 Å². The lowest BCUT2D eigenvalue weighted by molar-refractivity contribution is -0.131. The van der Waals surface area contributed by atoms with Gasteiger partial charge in [-0.25, -0.2) is 0 Å². The molecule has 0 heterocycles. The summed E-state index contributed by atoms with van der Waals surface area (Å²) in [6.07, 6.45) is 5.05. The predicted octanol–water partition coefficient (Wildman–Crippen LogP) is 0.890. The fourth-order valence-electron chi connectivity index (χ4n) is 2.28. The van der Waals surface area contributed by atoms with E-state index in [0.717, 1.165) is 19.4 Å². The first-order chi connectivity index (χ1) is 8.56. The highest BCUT2D eigenvalue weighted by Gasteiger charge is 2.28. The molecule has 4 nitrogen and oxygen atoms in total. The van der Waals surface area contributed by atoms with Crippen LogP contribution in [0.2, 0.25) is 0 Å². The zero-order chi connectivity index (χ0) is 13.5. The van der Waals surface area contributed by atoms with Crippen LogP contribution in [0.15, 0.2) is 25.3 Å². The van der Waals surface area contributed by atoms with Gasteiger partial charge in [-0.1, -0.05) is 12.2 Å². The molecule has 1 rings (SSSR count). The van der Waals surface area contributed by atoms with Gasteiger partial charge in [0.1, 0.15) is 0 Å². The number of hydrogen-bond donors (Lipinski definition) is 1. The quantitative estimate of drug-likeness (QED) is 0.653. The highest BCUT2D eigenvalue weighted by molar-refractivity contribution is 5.78. The van der Waals surface area contributed by atoms with Crippen molar-refractivity contribution < 1.29 is 9.90 Å². The maximum Gasteiger partial charge on any atom is 0.237 e. The van der Waals surface area contributed by atoms with E-state index in [1.807, 2.05) is 11.9 Å². The molecular weight excluding hydrogens is 228 g/mol. The topological polar surface area (TPSA) is 43.8 Å². The van der Waals surface area contributed by atoms with E-state index in [1.54, 1.807) is 17.1 Å². The smallest absolute Gasteiger partial charge is 0.237 e. The molecule has 102 valence electrons. The van der Waals surface area contributed by atoms with Gasteiger partial charge in [-0.15, -0.1) is 13.2 Å². The highest BCUT2D eigenvalue weighted by atomic mass is 16.3. The normalized spacial score (nSPS) is 22.4. The van der Waals surface area contributed by atoms with E-state index in [1.165, 1.54) is 0 Å². The van der Waals surface area contributed by atoms with Crippen LogP contribution in [0.1, 0.15) is 12.8 Å². The molecule has 0 aromatic heterocycles. The molecule has 0 aliphatic heterocycles. The average Bonchev–Trinajstić information content (AvgIpc) is 2.26. The summed E-state index contributed by atoms with van der Waals surface area (Å²) < 4.78 is 0. The zero-order valence-electron chi connectivity index (χ0n) is 11.2. The van der Waals surface area contributed by atoms with Gasteiger partial charge >= 0.3 is 0 Å². The average molecular weight is 252 g/mol. The van der Waals surface area contributed by atoms with E-state index in [0.29, 0.717) is 25.6 Å². The largest absolute Gasteiger partial charge is 0.393 e. The van der Waals surface area contributed by atoms with Gasteiger partial charge < -0.3 is 10.0 Å². The van der Waals surface area contributed by atoms with Crippen molar-refractivity contribution >= 4 is 5.91 Å². The second kappa shape index (κ2) is 7.34. The van der Waals surface area contributed by atoms with Gasteiger partial charge in [0.05, 0.1) is 12.6 Å². The molecule has 0 unspecified atom stereocenters. The Kier molecular flexibility index (Phi) is 6.09. The lowest BCUT2D eigenvalue weighted by Gasteiger charge is -2.34. The van der Waals surface area contributed by atoms with E-state index >= 15 is 0 Å². The Hall–Kier alpha value is -1.13. The van der Waals surface area contributed by atoms with Crippen molar-refractivity contribution in [3.8, 4) is 0 Å². The Morgan fingerprint density at radius 2 is 1.89 bits per heavy atom. The van der Waals surface area contributed by atoms with Crippen LogP contribution in [0, 0.1) is 5.92 Å². The molecule has 1 aliphatic rings. The third-order valence-electron chi connectivity index (χ3n) is 3.24. The third kappa shape index (κ3) is 4.63. The van der Waals surface area contributed by atoms with Gasteiger partial charge in [-0.3, -0.25) is 9.69 Å². The number of rotatable bonds is 8. The van der Waals surface area contributed by atoms with Crippen LogP contribution >= 0.6 is 0 Å². The summed E-state index contributed by atoms with van der Waals surface area (Å²) >= 11 is 0. The van der Waals surface area contributed by atoms with E-state index in [9.17, 15) is 9.90 Å². The second-order valence-electron chi connectivity index (χ2n) is 5.06. The van der Waals surface area contributed by atoms with Gasteiger partial charge in [0.25, 0.3) is 0 Å². The first kappa shape index (κ1) is 14.9. The Morgan fingerprint density at radius 1 is 1.33 bits per heavy atom. The van der Waals surface area contributed by atoms with Crippen LogP contribution in [-0.2, 0) is 4.79 Å². The molecule has 0 aromatic rings. The number of hydrogen-bond acceptors (Lipinski definition) is 3. The lowest BCUT2D eigenvalue weighted by Crippen LogP contribution is -2.43. The van der Waals surface area contributed by atoms with E-state index < -0.39 is 0 Å². The van der Waals surface area contributed by atoms with Crippen molar-refractivity contribution in [2.75, 3.05) is 33.2 Å². The molecule has 1 saturated carbocycles. The summed E-state index contributed by atoms with van der Waals surface area (Å²) in [4.78, 5) is 15.8. The highest BCUT2D eigenvalue weighted by Crippen LogP contribution is 2.27. The fourth-order valence-corrected chi connectivity index (χ4v) is 2.28. The van der Waals surface area contributed by atoms with Crippen LogP contribution in [0.3, 0.4) is 0 Å². The van der Waals surface area contributed by atoms with Gasteiger partial charge in [0.2, 0.25) is 5.91 Å². The van der Waals surface area contributed by atoms with Crippen molar-refractivity contribution in [3.05, 3.63) is 25.3 Å². The Labute approximate surface area is 110 Å². The molecule has 1 amide bonds. The third-order valence-corrected chi connectivity index (χ3v) is 3.24. The molecule has 0 aromatic carbocycles. The number of carbonyl (C=O) groups is 1. The molecule has 18 heavy (non-hydrogen) atoms. The van der Waals surface area contributed by atoms with Crippen LogP contribution in [0.4, 0.5) is 0 Å². The van der Waals surface area contributed by atoms with Crippen LogP contribution in [0.5, 0.6) is 0 Å². The van der Waals surface area contributed by atoms with Crippen molar-refractivity contribution in [3.63, 3.8) is 0 Å². The Balaban J connectivity index is 2.31. The Bertz CT molecular complexity index is 288. The van der Waals surface area contributed by atoms with Crippen LogP contribution < -0.4 is 0 Å². The zero-order valence-corrected chi connectivity index (χ0v) is 11.2. The van der Waals surface area contributed by atoms with E-state index in [-0.39, 0.29) is 12.0 Å². The standard InChI is InChI=1S/C14H24N2O2/c1-4-6-16(7-5-2)14(18)11-15(3)10-12-8-13(17)9-12/h4-5,12-13,17H,1-2,6-11H2,3H3. The summed E-state index contributed by atoms with van der Waals surface area (Å²) in [6, 6.07) is 0. The maximum atomic E-state index is 12.0. The summed E-state index contributed by atoms with van der Waals surface area (Å²) in [5, 5.41) is 9.23. The summed E-state index contributed by atoms with van der Waals surface area (Å²) in [5.74, 6) is 0.627. The second-order valence-corrected chi connectivity index (χ2v) is 5.06. The molecule has 0 spiro atoms. The first-order valence-corrected chi connectivity index (χ1v) is 6.43.